The van der Waals surface area contributed by atoms with Crippen molar-refractivity contribution in [2.45, 2.75) is 30.3 Å². The maximum atomic E-state index is 12.1. The molecule has 2 N–H and O–H groups in total. The fourth-order valence-electron chi connectivity index (χ4n) is 2.57. The number of urea groups is 1. The number of aromatic nitrogens is 1. The first-order valence-electron chi connectivity index (χ1n) is 7.81. The number of hydrogen-bond acceptors (Lipinski definition) is 5. The third kappa shape index (κ3) is 3.84. The van der Waals surface area contributed by atoms with Crippen LogP contribution in [0.15, 0.2) is 23.2 Å². The summed E-state index contributed by atoms with van der Waals surface area (Å²) in [5.41, 5.74) is 0.312. The first kappa shape index (κ1) is 16.7. The summed E-state index contributed by atoms with van der Waals surface area (Å²) in [6.07, 6.45) is 4.51. The third-order valence-electron chi connectivity index (χ3n) is 4.12. The quantitative estimate of drug-likeness (QED) is 0.770. The minimum Gasteiger partial charge on any atom is -0.350 e. The maximum Gasteiger partial charge on any atom is 0.317 e. The fourth-order valence-corrected chi connectivity index (χ4v) is 3.44. The highest BCUT2D eigenvalue weighted by Gasteiger charge is 2.36. The van der Waals surface area contributed by atoms with Crippen LogP contribution in [0, 0.1) is 5.92 Å². The molecule has 2 aliphatic rings. The van der Waals surface area contributed by atoms with Gasteiger partial charge in [-0.05, 0) is 25.0 Å². The van der Waals surface area contributed by atoms with Crippen molar-refractivity contribution in [1.29, 1.82) is 0 Å². The second kappa shape index (κ2) is 6.39. The summed E-state index contributed by atoms with van der Waals surface area (Å²) in [6.45, 7) is 0.967. The Labute approximate surface area is 140 Å². The van der Waals surface area contributed by atoms with Crippen molar-refractivity contribution in [3.05, 3.63) is 24.0 Å². The van der Waals surface area contributed by atoms with E-state index in [0.717, 1.165) is 19.1 Å². The molecule has 1 aliphatic heterocycles. The maximum absolute atomic E-state index is 12.1. The van der Waals surface area contributed by atoms with Crippen LogP contribution in [0.5, 0.6) is 0 Å². The number of sulfone groups is 1. The molecule has 1 saturated carbocycles. The lowest BCUT2D eigenvalue weighted by atomic mass is 10.1. The Morgan fingerprint density at radius 2 is 2.04 bits per heavy atom. The molecule has 1 aliphatic carbocycles. The molecule has 0 aromatic carbocycles. The zero-order valence-corrected chi connectivity index (χ0v) is 14.2. The molecule has 1 saturated heterocycles. The van der Waals surface area contributed by atoms with Gasteiger partial charge in [0.2, 0.25) is 5.91 Å². The lowest BCUT2D eigenvalue weighted by Gasteiger charge is -2.39. The highest BCUT2D eigenvalue weighted by atomic mass is 32.2. The molecule has 130 valence electrons. The summed E-state index contributed by atoms with van der Waals surface area (Å²) < 4.78 is 23.4. The van der Waals surface area contributed by atoms with E-state index in [4.69, 9.17) is 0 Å². The molecule has 0 radical (unpaired) electrons. The van der Waals surface area contributed by atoms with Gasteiger partial charge in [0.1, 0.15) is 0 Å². The van der Waals surface area contributed by atoms with Gasteiger partial charge < -0.3 is 15.5 Å². The number of carbonyl (C=O) groups is 2. The zero-order chi connectivity index (χ0) is 17.3. The standard InChI is InChI=1S/C15H20N4O4S/c1-24(22,23)13-3-2-6-16-12(13)7-17-15(21)19-8-11(9-19)18-14(20)10-4-5-10/h2-3,6,10-11H,4-5,7-9H2,1H3,(H,17,21)(H,18,20). The van der Waals surface area contributed by atoms with Crippen LogP contribution in [0.4, 0.5) is 4.79 Å². The van der Waals surface area contributed by atoms with E-state index >= 15 is 0 Å². The number of likely N-dealkylation sites (tertiary alicyclic amines) is 1. The first-order chi connectivity index (χ1) is 11.3. The Bertz CT molecular complexity index is 754. The van der Waals surface area contributed by atoms with Gasteiger partial charge in [-0.25, -0.2) is 13.2 Å². The van der Waals surface area contributed by atoms with E-state index in [-0.39, 0.29) is 35.3 Å². The Morgan fingerprint density at radius 3 is 2.67 bits per heavy atom. The number of carbonyl (C=O) groups excluding carboxylic acids is 2. The molecule has 3 amide bonds. The summed E-state index contributed by atoms with van der Waals surface area (Å²) >= 11 is 0. The Balaban J connectivity index is 1.48. The number of hydrogen-bond donors (Lipinski definition) is 2. The van der Waals surface area contributed by atoms with E-state index in [1.54, 1.807) is 11.0 Å². The van der Waals surface area contributed by atoms with Gasteiger partial charge in [-0.3, -0.25) is 9.78 Å². The first-order valence-corrected chi connectivity index (χ1v) is 9.71. The highest BCUT2D eigenvalue weighted by molar-refractivity contribution is 7.90. The van der Waals surface area contributed by atoms with Gasteiger partial charge >= 0.3 is 6.03 Å². The number of nitrogens with zero attached hydrogens (tertiary/aromatic N) is 2. The van der Waals surface area contributed by atoms with E-state index in [2.05, 4.69) is 15.6 Å². The lowest BCUT2D eigenvalue weighted by Crippen LogP contribution is -2.63. The molecule has 1 aromatic rings. The molecule has 2 fully saturated rings. The fraction of sp³-hybridized carbons (Fsp3) is 0.533. The predicted octanol–water partition coefficient (Wildman–Crippen LogP) is -0.0949. The van der Waals surface area contributed by atoms with Crippen molar-refractivity contribution < 1.29 is 18.0 Å². The summed E-state index contributed by atoms with van der Waals surface area (Å²) in [4.78, 5) is 29.4. The summed E-state index contributed by atoms with van der Waals surface area (Å²) in [5, 5.41) is 5.58. The van der Waals surface area contributed by atoms with Crippen LogP contribution >= 0.6 is 0 Å². The Morgan fingerprint density at radius 1 is 1.33 bits per heavy atom. The molecule has 1 aromatic heterocycles. The van der Waals surface area contributed by atoms with Crippen LogP contribution in [0.1, 0.15) is 18.5 Å². The number of nitrogens with one attached hydrogen (secondary N) is 2. The smallest absolute Gasteiger partial charge is 0.317 e. The van der Waals surface area contributed by atoms with Gasteiger partial charge in [-0.1, -0.05) is 0 Å². The largest absolute Gasteiger partial charge is 0.350 e. The predicted molar refractivity (Wildman–Crippen MR) is 85.8 cm³/mol. The normalized spacial score (nSPS) is 18.0. The van der Waals surface area contributed by atoms with Crippen LogP contribution in [-0.4, -0.2) is 55.6 Å². The average molecular weight is 352 g/mol. The van der Waals surface area contributed by atoms with Crippen molar-refractivity contribution in [3.8, 4) is 0 Å². The van der Waals surface area contributed by atoms with Crippen molar-refractivity contribution in [2.75, 3.05) is 19.3 Å². The van der Waals surface area contributed by atoms with E-state index in [1.165, 1.54) is 12.3 Å². The van der Waals surface area contributed by atoms with Crippen LogP contribution in [0.3, 0.4) is 0 Å². The van der Waals surface area contributed by atoms with Crippen molar-refractivity contribution >= 4 is 21.8 Å². The van der Waals surface area contributed by atoms with Gasteiger partial charge in [0.25, 0.3) is 0 Å². The monoisotopic (exact) mass is 352 g/mol. The van der Waals surface area contributed by atoms with Crippen LogP contribution in [-0.2, 0) is 21.2 Å². The van der Waals surface area contributed by atoms with Crippen molar-refractivity contribution in [1.82, 2.24) is 20.5 Å². The minimum atomic E-state index is -3.39. The van der Waals surface area contributed by atoms with Gasteiger partial charge in [-0.2, -0.15) is 0 Å². The molecule has 0 atom stereocenters. The van der Waals surface area contributed by atoms with Crippen molar-refractivity contribution in [2.24, 2.45) is 5.92 Å². The summed E-state index contributed by atoms with van der Waals surface area (Å²) in [6, 6.07) is 2.73. The molecule has 0 spiro atoms. The van der Waals surface area contributed by atoms with E-state index in [1.807, 2.05) is 0 Å². The van der Waals surface area contributed by atoms with Gasteiger partial charge in [0, 0.05) is 31.5 Å². The van der Waals surface area contributed by atoms with Gasteiger partial charge in [-0.15, -0.1) is 0 Å². The van der Waals surface area contributed by atoms with Crippen LogP contribution in [0.2, 0.25) is 0 Å². The summed E-state index contributed by atoms with van der Waals surface area (Å²) in [7, 11) is -3.39. The molecule has 8 nitrogen and oxygen atoms in total. The van der Waals surface area contributed by atoms with E-state index in [0.29, 0.717) is 18.8 Å². The lowest BCUT2D eigenvalue weighted by molar-refractivity contribution is -0.123. The Hall–Kier alpha value is -2.16. The second-order valence-corrected chi connectivity index (χ2v) is 8.25. The van der Waals surface area contributed by atoms with Gasteiger partial charge in [0.15, 0.2) is 9.84 Å². The Kier molecular flexibility index (Phi) is 4.44. The topological polar surface area (TPSA) is 108 Å². The summed E-state index contributed by atoms with van der Waals surface area (Å²) in [5.74, 6) is 0.234. The SMILES string of the molecule is CS(=O)(=O)c1cccnc1CNC(=O)N1CC(NC(=O)C2CC2)C1. The second-order valence-electron chi connectivity index (χ2n) is 6.26. The molecule has 9 heteroatoms. The van der Waals surface area contributed by atoms with Gasteiger partial charge in [0.05, 0.1) is 23.2 Å². The molecular weight excluding hydrogens is 332 g/mol. The third-order valence-corrected chi connectivity index (χ3v) is 5.29. The van der Waals surface area contributed by atoms with Crippen LogP contribution in [0.25, 0.3) is 0 Å². The highest BCUT2D eigenvalue weighted by Crippen LogP contribution is 2.29. The number of pyridine rings is 1. The minimum absolute atomic E-state index is 0.00489. The van der Waals surface area contributed by atoms with E-state index in [9.17, 15) is 18.0 Å². The molecule has 2 heterocycles. The number of rotatable bonds is 5. The van der Waals surface area contributed by atoms with Crippen LogP contribution < -0.4 is 10.6 Å². The molecule has 0 unspecified atom stereocenters. The average Bonchev–Trinajstić information content (AvgIpc) is 3.32. The van der Waals surface area contributed by atoms with Crippen molar-refractivity contribution in [3.63, 3.8) is 0 Å². The molecule has 0 bridgehead atoms. The number of amides is 3. The molecule has 3 rings (SSSR count). The zero-order valence-electron chi connectivity index (χ0n) is 13.4. The molecular formula is C15H20N4O4S. The molecule has 24 heavy (non-hydrogen) atoms. The van der Waals surface area contributed by atoms with E-state index < -0.39 is 9.84 Å².